The van der Waals surface area contributed by atoms with Crippen molar-refractivity contribution in [2.24, 2.45) is 5.16 Å². The fourth-order valence-electron chi connectivity index (χ4n) is 1.79. The Balaban J connectivity index is 2.32. The fourth-order valence-corrected chi connectivity index (χ4v) is 2.25. The molecule has 0 aliphatic heterocycles. The van der Waals surface area contributed by atoms with Gasteiger partial charge in [0.25, 0.3) is 0 Å². The van der Waals surface area contributed by atoms with E-state index in [1.807, 2.05) is 6.07 Å². The summed E-state index contributed by atoms with van der Waals surface area (Å²) in [6, 6.07) is 13.4. The van der Waals surface area contributed by atoms with E-state index < -0.39 is 5.97 Å². The molecule has 116 valence electrons. The number of nitriles is 1. The lowest BCUT2D eigenvalue weighted by Crippen LogP contribution is -2.07. The molecule has 0 saturated heterocycles. The Labute approximate surface area is 142 Å². The van der Waals surface area contributed by atoms with Crippen LogP contribution in [0.3, 0.4) is 0 Å². The number of ether oxygens (including phenoxy) is 1. The maximum atomic E-state index is 12.2. The van der Waals surface area contributed by atoms with Crippen molar-refractivity contribution in [2.45, 2.75) is 0 Å². The van der Waals surface area contributed by atoms with Gasteiger partial charge in [-0.2, -0.15) is 5.26 Å². The summed E-state index contributed by atoms with van der Waals surface area (Å²) in [5.41, 5.74) is 0.416. The van der Waals surface area contributed by atoms with E-state index in [2.05, 4.69) is 5.16 Å². The quantitative estimate of drug-likeness (QED) is 0.474. The SMILES string of the molecule is COc1c(Cl)ccc(Cl)c1C(=O)ON=C(C#N)c1ccccc1. The second kappa shape index (κ2) is 7.63. The van der Waals surface area contributed by atoms with Crippen LogP contribution < -0.4 is 4.74 Å². The van der Waals surface area contributed by atoms with Gasteiger partial charge in [-0.05, 0) is 12.1 Å². The minimum atomic E-state index is -0.877. The van der Waals surface area contributed by atoms with Crippen molar-refractivity contribution in [3.63, 3.8) is 0 Å². The number of nitrogens with zero attached hydrogens (tertiary/aromatic N) is 2. The molecule has 2 aromatic carbocycles. The fraction of sp³-hybridized carbons (Fsp3) is 0.0625. The van der Waals surface area contributed by atoms with Crippen LogP contribution in [0.2, 0.25) is 10.0 Å². The van der Waals surface area contributed by atoms with Crippen LogP contribution in [0.1, 0.15) is 15.9 Å². The second-order valence-corrected chi connectivity index (χ2v) is 5.05. The van der Waals surface area contributed by atoms with Crippen LogP contribution in [-0.2, 0) is 4.84 Å². The van der Waals surface area contributed by atoms with Gasteiger partial charge in [-0.25, -0.2) is 4.79 Å². The highest BCUT2D eigenvalue weighted by atomic mass is 35.5. The van der Waals surface area contributed by atoms with Crippen molar-refractivity contribution in [1.29, 1.82) is 5.26 Å². The number of carbonyl (C=O) groups is 1. The third-order valence-corrected chi connectivity index (χ3v) is 3.45. The molecule has 0 aromatic heterocycles. The van der Waals surface area contributed by atoms with Gasteiger partial charge >= 0.3 is 5.97 Å². The summed E-state index contributed by atoms with van der Waals surface area (Å²) in [7, 11) is 1.35. The van der Waals surface area contributed by atoms with Crippen LogP contribution in [-0.4, -0.2) is 18.8 Å². The molecule has 0 fully saturated rings. The monoisotopic (exact) mass is 348 g/mol. The molecule has 0 saturated carbocycles. The number of hydrogen-bond donors (Lipinski definition) is 0. The number of rotatable bonds is 4. The highest BCUT2D eigenvalue weighted by molar-refractivity contribution is 6.37. The summed E-state index contributed by atoms with van der Waals surface area (Å²) in [4.78, 5) is 17.0. The molecule has 7 heteroatoms. The number of halogens is 2. The number of carbonyl (C=O) groups excluding carboxylic acids is 1. The van der Waals surface area contributed by atoms with Crippen LogP contribution in [0.5, 0.6) is 5.75 Å². The van der Waals surface area contributed by atoms with E-state index in [-0.39, 0.29) is 27.1 Å². The first-order valence-corrected chi connectivity index (χ1v) is 7.11. The van der Waals surface area contributed by atoms with E-state index in [9.17, 15) is 4.79 Å². The van der Waals surface area contributed by atoms with Crippen molar-refractivity contribution in [2.75, 3.05) is 7.11 Å². The lowest BCUT2D eigenvalue weighted by Gasteiger charge is -2.09. The average molecular weight is 349 g/mol. The van der Waals surface area contributed by atoms with E-state index >= 15 is 0 Å². The zero-order valence-electron chi connectivity index (χ0n) is 11.9. The molecule has 0 amide bonds. The van der Waals surface area contributed by atoms with Gasteiger partial charge in [0, 0.05) is 5.56 Å². The Kier molecular flexibility index (Phi) is 5.58. The lowest BCUT2D eigenvalue weighted by atomic mass is 10.1. The van der Waals surface area contributed by atoms with Crippen LogP contribution in [0.15, 0.2) is 47.6 Å². The molecule has 2 rings (SSSR count). The van der Waals surface area contributed by atoms with Crippen LogP contribution in [0, 0.1) is 11.3 Å². The van der Waals surface area contributed by atoms with Gasteiger partial charge in [-0.3, -0.25) is 0 Å². The van der Waals surface area contributed by atoms with Gasteiger partial charge in [0.2, 0.25) is 0 Å². The maximum Gasteiger partial charge on any atom is 0.371 e. The van der Waals surface area contributed by atoms with Crippen LogP contribution >= 0.6 is 23.2 Å². The average Bonchev–Trinajstić information content (AvgIpc) is 2.58. The standard InChI is InChI=1S/C16H10Cl2N2O3/c1-22-15-12(18)8-7-11(17)14(15)16(21)23-20-13(9-19)10-5-3-2-4-6-10/h2-8H,1H3. The van der Waals surface area contributed by atoms with E-state index in [0.29, 0.717) is 5.56 Å². The van der Waals surface area contributed by atoms with Gasteiger partial charge in [0.15, 0.2) is 11.5 Å². The summed E-state index contributed by atoms with van der Waals surface area (Å²) >= 11 is 11.9. The van der Waals surface area contributed by atoms with Gasteiger partial charge in [-0.15, -0.1) is 0 Å². The summed E-state index contributed by atoms with van der Waals surface area (Å²) in [5.74, 6) is -0.796. The normalized spacial score (nSPS) is 10.8. The van der Waals surface area contributed by atoms with E-state index in [1.54, 1.807) is 30.3 Å². The first-order chi connectivity index (χ1) is 11.1. The summed E-state index contributed by atoms with van der Waals surface area (Å²) in [6.07, 6.45) is 0. The van der Waals surface area contributed by atoms with Gasteiger partial charge in [-0.1, -0.05) is 58.7 Å². The first kappa shape index (κ1) is 16.8. The van der Waals surface area contributed by atoms with Crippen LogP contribution in [0.4, 0.5) is 0 Å². The minimum absolute atomic E-state index is 0.0453. The van der Waals surface area contributed by atoms with Crippen LogP contribution in [0.25, 0.3) is 0 Å². The number of oxime groups is 1. The zero-order chi connectivity index (χ0) is 16.8. The molecule has 5 nitrogen and oxygen atoms in total. The van der Waals surface area contributed by atoms with Gasteiger partial charge < -0.3 is 9.57 Å². The molecule has 0 heterocycles. The van der Waals surface area contributed by atoms with Crippen molar-refractivity contribution in [3.05, 3.63) is 63.6 Å². The largest absolute Gasteiger partial charge is 0.494 e. The number of methoxy groups -OCH3 is 1. The Morgan fingerprint density at radius 2 is 1.78 bits per heavy atom. The van der Waals surface area contributed by atoms with Crippen molar-refractivity contribution >= 4 is 34.9 Å². The lowest BCUT2D eigenvalue weighted by molar-refractivity contribution is 0.0514. The molecule has 0 unspecified atom stereocenters. The Morgan fingerprint density at radius 1 is 1.13 bits per heavy atom. The van der Waals surface area contributed by atoms with Crippen molar-refractivity contribution < 1.29 is 14.4 Å². The van der Waals surface area contributed by atoms with Gasteiger partial charge in [0.1, 0.15) is 11.6 Å². The summed E-state index contributed by atoms with van der Waals surface area (Å²) < 4.78 is 5.07. The molecule has 2 aromatic rings. The topological polar surface area (TPSA) is 71.7 Å². The molecule has 0 aliphatic rings. The molecule has 0 bridgehead atoms. The van der Waals surface area contributed by atoms with E-state index in [4.69, 9.17) is 38.0 Å². The molecule has 0 radical (unpaired) electrons. The molecule has 23 heavy (non-hydrogen) atoms. The molecular formula is C16H10Cl2N2O3. The Hall–Kier alpha value is -2.55. The van der Waals surface area contributed by atoms with Gasteiger partial charge in [0.05, 0.1) is 17.2 Å². The predicted molar refractivity (Wildman–Crippen MR) is 87.0 cm³/mol. The number of benzene rings is 2. The van der Waals surface area contributed by atoms with E-state index in [1.165, 1.54) is 19.2 Å². The smallest absolute Gasteiger partial charge is 0.371 e. The third-order valence-electron chi connectivity index (χ3n) is 2.84. The predicted octanol–water partition coefficient (Wildman–Crippen LogP) is 4.09. The van der Waals surface area contributed by atoms with Crippen molar-refractivity contribution in [1.82, 2.24) is 0 Å². The second-order valence-electron chi connectivity index (χ2n) is 4.23. The summed E-state index contributed by atoms with van der Waals surface area (Å²) in [5, 5.41) is 13.0. The Bertz CT molecular complexity index is 799. The third kappa shape index (κ3) is 3.81. The zero-order valence-corrected chi connectivity index (χ0v) is 13.4. The van der Waals surface area contributed by atoms with Crippen molar-refractivity contribution in [3.8, 4) is 11.8 Å². The molecule has 0 spiro atoms. The molecule has 0 aliphatic carbocycles. The number of hydrogen-bond acceptors (Lipinski definition) is 5. The first-order valence-electron chi connectivity index (χ1n) is 6.35. The Morgan fingerprint density at radius 3 is 2.39 bits per heavy atom. The minimum Gasteiger partial charge on any atom is -0.494 e. The molecule has 0 N–H and O–H groups in total. The molecule has 0 atom stereocenters. The van der Waals surface area contributed by atoms with E-state index in [0.717, 1.165) is 0 Å². The highest BCUT2D eigenvalue weighted by Gasteiger charge is 2.21. The molecular weight excluding hydrogens is 339 g/mol. The maximum absolute atomic E-state index is 12.2. The summed E-state index contributed by atoms with van der Waals surface area (Å²) in [6.45, 7) is 0. The highest BCUT2D eigenvalue weighted by Crippen LogP contribution is 2.34.